The van der Waals surface area contributed by atoms with Crippen molar-refractivity contribution in [2.75, 3.05) is 13.3 Å². The van der Waals surface area contributed by atoms with Gasteiger partial charge in [-0.2, -0.15) is 0 Å². The van der Waals surface area contributed by atoms with E-state index in [9.17, 15) is 0 Å². The van der Waals surface area contributed by atoms with E-state index in [-0.39, 0.29) is 0 Å². The third-order valence-corrected chi connectivity index (χ3v) is 0.902. The number of nitrogens with one attached hydrogen (secondary N) is 1. The first-order chi connectivity index (χ1) is 2.89. The molecule has 1 N–H and O–H groups in total. The summed E-state index contributed by atoms with van der Waals surface area (Å²) in [5.74, 6) is 0. The summed E-state index contributed by atoms with van der Waals surface area (Å²) in [5, 5.41) is 3.10. The lowest BCUT2D eigenvalue weighted by Gasteiger charge is -1.91. The highest BCUT2D eigenvalue weighted by Gasteiger charge is 2.05. The van der Waals surface area contributed by atoms with Gasteiger partial charge in [0.2, 0.25) is 0 Å². The zero-order chi connectivity index (χ0) is 4.41. The van der Waals surface area contributed by atoms with Gasteiger partial charge in [-0.1, -0.05) is 0 Å². The molecule has 36 valence electrons. The van der Waals surface area contributed by atoms with Gasteiger partial charge in [-0.05, 0) is 6.92 Å². The minimum atomic E-state index is 0.574. The Hall–Kier alpha value is -0.0800. The maximum absolute atomic E-state index is 4.95. The summed E-state index contributed by atoms with van der Waals surface area (Å²) in [7, 11) is 0. The van der Waals surface area contributed by atoms with E-state index in [0.717, 1.165) is 13.3 Å². The Labute approximate surface area is 37.5 Å². The lowest BCUT2D eigenvalue weighted by molar-refractivity contribution is 0.190. The second-order valence-electron chi connectivity index (χ2n) is 1.62. The molecule has 2 nitrogen and oxygen atoms in total. The molecule has 1 heterocycles. The minimum absolute atomic E-state index is 0.574. The molecule has 1 rings (SSSR count). The highest BCUT2D eigenvalue weighted by atomic mass is 16.5. The molecule has 0 saturated carbocycles. The lowest BCUT2D eigenvalue weighted by atomic mass is 10.4. The third-order valence-electron chi connectivity index (χ3n) is 0.902. The van der Waals surface area contributed by atoms with Crippen molar-refractivity contribution in [2.45, 2.75) is 13.0 Å². The molecule has 0 radical (unpaired) electrons. The molecule has 0 aromatic heterocycles. The fraction of sp³-hybridized carbons (Fsp3) is 1.00. The minimum Gasteiger partial charge on any atom is -0.365 e. The van der Waals surface area contributed by atoms with Crippen molar-refractivity contribution in [3.8, 4) is 0 Å². The molecule has 0 unspecified atom stereocenters. The second-order valence-corrected chi connectivity index (χ2v) is 1.62. The Morgan fingerprint density at radius 3 is 2.83 bits per heavy atom. The van der Waals surface area contributed by atoms with Crippen molar-refractivity contribution in [1.29, 1.82) is 0 Å². The summed E-state index contributed by atoms with van der Waals surface area (Å²) in [4.78, 5) is 0. The van der Waals surface area contributed by atoms with Gasteiger partial charge in [-0.3, -0.25) is 5.32 Å². The number of hydrogen-bond donors (Lipinski definition) is 1. The van der Waals surface area contributed by atoms with Gasteiger partial charge in [-0.15, -0.1) is 0 Å². The molecule has 1 fully saturated rings. The van der Waals surface area contributed by atoms with Crippen LogP contribution in [0.2, 0.25) is 0 Å². The summed E-state index contributed by atoms with van der Waals surface area (Å²) >= 11 is 0. The topological polar surface area (TPSA) is 21.3 Å². The maximum Gasteiger partial charge on any atom is 0.0968 e. The zero-order valence-corrected chi connectivity index (χ0v) is 3.90. The second kappa shape index (κ2) is 1.58. The largest absolute Gasteiger partial charge is 0.365 e. The Bertz CT molecular complexity index is 40.8. The van der Waals surface area contributed by atoms with Gasteiger partial charge >= 0.3 is 0 Å². The quantitative estimate of drug-likeness (QED) is 0.447. The Balaban J connectivity index is 2.18. The first-order valence-corrected chi connectivity index (χ1v) is 2.21. The Morgan fingerprint density at radius 2 is 2.67 bits per heavy atom. The van der Waals surface area contributed by atoms with Crippen molar-refractivity contribution in [3.63, 3.8) is 0 Å². The van der Waals surface area contributed by atoms with E-state index in [1.807, 2.05) is 0 Å². The summed E-state index contributed by atoms with van der Waals surface area (Å²) in [6.07, 6.45) is 0. The molecule has 1 aliphatic rings. The van der Waals surface area contributed by atoms with Gasteiger partial charge in [0.25, 0.3) is 0 Å². The molecular weight excluding hydrogens is 78.1 g/mol. The van der Waals surface area contributed by atoms with Gasteiger partial charge in [0.05, 0.1) is 13.3 Å². The summed E-state index contributed by atoms with van der Waals surface area (Å²) in [6.45, 7) is 3.72. The van der Waals surface area contributed by atoms with Crippen LogP contribution < -0.4 is 5.32 Å². The van der Waals surface area contributed by atoms with Crippen LogP contribution >= 0.6 is 0 Å². The SMILES string of the molecule is C[C@@H]1COCN1. The molecule has 1 saturated heterocycles. The molecule has 0 aliphatic carbocycles. The van der Waals surface area contributed by atoms with E-state index in [1.54, 1.807) is 0 Å². The third kappa shape index (κ3) is 0.698. The molecular formula is C4H9NO. The molecule has 0 bridgehead atoms. The van der Waals surface area contributed by atoms with Crippen LogP contribution in [0.5, 0.6) is 0 Å². The van der Waals surface area contributed by atoms with Crippen LogP contribution in [0, 0.1) is 0 Å². The predicted octanol–water partition coefficient (Wildman–Crippen LogP) is -0.0478. The van der Waals surface area contributed by atoms with Gasteiger partial charge in [0.15, 0.2) is 0 Å². The molecule has 1 aliphatic heterocycles. The summed E-state index contributed by atoms with van der Waals surface area (Å²) in [5.41, 5.74) is 0. The lowest BCUT2D eigenvalue weighted by Crippen LogP contribution is -2.18. The summed E-state index contributed by atoms with van der Waals surface area (Å²) in [6, 6.07) is 0.574. The predicted molar refractivity (Wildman–Crippen MR) is 23.4 cm³/mol. The normalized spacial score (nSPS) is 34.5. The first kappa shape index (κ1) is 4.09. The number of ether oxygens (including phenoxy) is 1. The maximum atomic E-state index is 4.95. The average Bonchev–Trinajstić information content (AvgIpc) is 1.86. The summed E-state index contributed by atoms with van der Waals surface area (Å²) < 4.78 is 4.95. The van der Waals surface area contributed by atoms with E-state index < -0.39 is 0 Å². The van der Waals surface area contributed by atoms with E-state index in [4.69, 9.17) is 4.74 Å². The van der Waals surface area contributed by atoms with E-state index in [0.29, 0.717) is 6.04 Å². The standard InChI is InChI=1S/C4H9NO/c1-4-2-6-3-5-4/h4-5H,2-3H2,1H3/t4-/m1/s1. The molecule has 0 amide bonds. The number of hydrogen-bond acceptors (Lipinski definition) is 2. The molecule has 0 aromatic rings. The van der Waals surface area contributed by atoms with Crippen LogP contribution in [-0.2, 0) is 4.74 Å². The highest BCUT2D eigenvalue weighted by molar-refractivity contribution is 4.60. The zero-order valence-electron chi connectivity index (χ0n) is 3.90. The molecule has 1 atom stereocenters. The fourth-order valence-electron chi connectivity index (χ4n) is 0.496. The molecule has 0 aromatic carbocycles. The molecule has 2 heteroatoms. The Kier molecular flexibility index (Phi) is 1.08. The van der Waals surface area contributed by atoms with Crippen LogP contribution in [0.15, 0.2) is 0 Å². The van der Waals surface area contributed by atoms with Crippen LogP contribution in [-0.4, -0.2) is 19.4 Å². The van der Waals surface area contributed by atoms with Gasteiger partial charge in [0, 0.05) is 6.04 Å². The van der Waals surface area contributed by atoms with E-state index in [2.05, 4.69) is 12.2 Å². The van der Waals surface area contributed by atoms with Crippen LogP contribution in [0.4, 0.5) is 0 Å². The van der Waals surface area contributed by atoms with Gasteiger partial charge in [0.1, 0.15) is 0 Å². The van der Waals surface area contributed by atoms with E-state index >= 15 is 0 Å². The fourth-order valence-corrected chi connectivity index (χ4v) is 0.496. The molecule has 0 spiro atoms. The van der Waals surface area contributed by atoms with Crippen molar-refractivity contribution < 1.29 is 4.74 Å². The van der Waals surface area contributed by atoms with Crippen LogP contribution in [0.25, 0.3) is 0 Å². The molecule has 6 heavy (non-hydrogen) atoms. The smallest absolute Gasteiger partial charge is 0.0968 e. The first-order valence-electron chi connectivity index (χ1n) is 2.21. The Morgan fingerprint density at radius 1 is 1.83 bits per heavy atom. The average molecular weight is 87.1 g/mol. The highest BCUT2D eigenvalue weighted by Crippen LogP contribution is 1.89. The van der Waals surface area contributed by atoms with Crippen LogP contribution in [0.1, 0.15) is 6.92 Å². The van der Waals surface area contributed by atoms with Crippen LogP contribution in [0.3, 0.4) is 0 Å². The van der Waals surface area contributed by atoms with Crippen molar-refractivity contribution in [3.05, 3.63) is 0 Å². The van der Waals surface area contributed by atoms with Crippen molar-refractivity contribution in [2.24, 2.45) is 0 Å². The van der Waals surface area contributed by atoms with E-state index in [1.165, 1.54) is 0 Å². The monoisotopic (exact) mass is 87.1 g/mol. The van der Waals surface area contributed by atoms with Gasteiger partial charge in [-0.25, -0.2) is 0 Å². The van der Waals surface area contributed by atoms with Gasteiger partial charge < -0.3 is 4.74 Å². The number of rotatable bonds is 0. The van der Waals surface area contributed by atoms with Crippen molar-refractivity contribution in [1.82, 2.24) is 5.32 Å². The van der Waals surface area contributed by atoms with Crippen molar-refractivity contribution >= 4 is 0 Å².